The molecule has 0 saturated carbocycles. The number of anilines is 2. The average molecular weight is 535 g/mol. The first-order valence-electron chi connectivity index (χ1n) is 12.1. The van der Waals surface area contributed by atoms with Gasteiger partial charge in [-0.2, -0.15) is 9.78 Å². The van der Waals surface area contributed by atoms with E-state index in [9.17, 15) is 14.4 Å². The molecule has 0 radical (unpaired) electrons. The molecule has 1 atom stereocenters. The summed E-state index contributed by atoms with van der Waals surface area (Å²) in [6, 6.07) is 12.6. The standard InChI is InChI=1S/C26H23ClN6O3S/c27-16-7-9-17(10-8-16)32-14-15(12-23(32)34)24(35)29-22-13-20(21-6-3-11-37-21)31-33(22)26-28-19-5-2-1-4-18(19)25(36)30-26/h3,6-11,13,15H,1-2,4-5,12,14H2,(H,29,35)(H,28,30,36). The molecule has 0 spiro atoms. The molecule has 9 nitrogen and oxygen atoms in total. The van der Waals surface area contributed by atoms with Crippen LogP contribution in [0.15, 0.2) is 52.6 Å². The zero-order valence-corrected chi connectivity index (χ0v) is 21.3. The lowest BCUT2D eigenvalue weighted by Gasteiger charge is -2.17. The van der Waals surface area contributed by atoms with Crippen molar-refractivity contribution in [2.45, 2.75) is 32.1 Å². The first-order valence-corrected chi connectivity index (χ1v) is 13.4. The molecule has 1 aromatic carbocycles. The molecule has 37 heavy (non-hydrogen) atoms. The van der Waals surface area contributed by atoms with Crippen LogP contribution >= 0.6 is 22.9 Å². The number of carbonyl (C=O) groups excluding carboxylic acids is 2. The fourth-order valence-corrected chi connectivity index (χ4v) is 5.66. The van der Waals surface area contributed by atoms with Crippen LogP contribution in [0.25, 0.3) is 16.5 Å². The molecule has 1 aliphatic carbocycles. The molecule has 1 unspecified atom stereocenters. The highest BCUT2D eigenvalue weighted by Gasteiger charge is 2.35. The van der Waals surface area contributed by atoms with Crippen molar-refractivity contribution < 1.29 is 9.59 Å². The smallest absolute Gasteiger partial charge is 0.255 e. The molecular formula is C26H23ClN6O3S. The molecular weight excluding hydrogens is 512 g/mol. The van der Waals surface area contributed by atoms with Crippen molar-refractivity contribution in [2.75, 3.05) is 16.8 Å². The van der Waals surface area contributed by atoms with Gasteiger partial charge in [0.25, 0.3) is 5.56 Å². The number of hydrogen-bond acceptors (Lipinski definition) is 6. The normalized spacial score (nSPS) is 17.2. The summed E-state index contributed by atoms with van der Waals surface area (Å²) in [5.74, 6) is -0.342. The van der Waals surface area contributed by atoms with Crippen LogP contribution in [0.1, 0.15) is 30.5 Å². The zero-order valence-electron chi connectivity index (χ0n) is 19.7. The van der Waals surface area contributed by atoms with Crippen molar-refractivity contribution in [1.29, 1.82) is 0 Å². The molecule has 0 bridgehead atoms. The highest BCUT2D eigenvalue weighted by atomic mass is 35.5. The number of aryl methyl sites for hydroxylation is 1. The van der Waals surface area contributed by atoms with Crippen molar-refractivity contribution in [3.8, 4) is 16.5 Å². The van der Waals surface area contributed by atoms with Crippen LogP contribution in [0.5, 0.6) is 0 Å². The third-order valence-corrected chi connectivity index (χ3v) is 7.89. The minimum atomic E-state index is -0.549. The van der Waals surface area contributed by atoms with E-state index in [1.54, 1.807) is 35.2 Å². The largest absolute Gasteiger partial charge is 0.312 e. The Hall–Kier alpha value is -3.76. The quantitative estimate of drug-likeness (QED) is 0.398. The first-order chi connectivity index (χ1) is 18.0. The summed E-state index contributed by atoms with van der Waals surface area (Å²) in [5.41, 5.74) is 2.67. The van der Waals surface area contributed by atoms with Crippen LogP contribution in [0, 0.1) is 5.92 Å². The summed E-state index contributed by atoms with van der Waals surface area (Å²) in [6.07, 6.45) is 3.48. The molecule has 4 heterocycles. The lowest BCUT2D eigenvalue weighted by molar-refractivity contribution is -0.122. The Morgan fingerprint density at radius 2 is 1.95 bits per heavy atom. The number of amides is 2. The van der Waals surface area contributed by atoms with Crippen LogP contribution in [0.3, 0.4) is 0 Å². The number of fused-ring (bicyclic) bond motifs is 1. The van der Waals surface area contributed by atoms with Crippen LogP contribution in [-0.4, -0.2) is 38.1 Å². The SMILES string of the molecule is O=C(Nc1cc(-c2cccs2)nn1-c1nc2c(c(=O)[nH]1)CCCC2)C1CC(=O)N(c2ccc(Cl)cc2)C1. The van der Waals surface area contributed by atoms with Gasteiger partial charge in [-0.05, 0) is 61.4 Å². The van der Waals surface area contributed by atoms with Crippen LogP contribution in [-0.2, 0) is 22.4 Å². The van der Waals surface area contributed by atoms with Gasteiger partial charge >= 0.3 is 0 Å². The summed E-state index contributed by atoms with van der Waals surface area (Å²) >= 11 is 7.50. The summed E-state index contributed by atoms with van der Waals surface area (Å²) in [4.78, 5) is 48.9. The monoisotopic (exact) mass is 534 g/mol. The maximum absolute atomic E-state index is 13.3. The topological polar surface area (TPSA) is 113 Å². The Balaban J connectivity index is 1.31. The highest BCUT2D eigenvalue weighted by molar-refractivity contribution is 7.13. The second kappa shape index (κ2) is 9.60. The number of nitrogens with one attached hydrogen (secondary N) is 2. The fourth-order valence-electron chi connectivity index (χ4n) is 4.85. The maximum Gasteiger partial charge on any atom is 0.255 e. The number of H-pyrrole nitrogens is 1. The van der Waals surface area contributed by atoms with Crippen molar-refractivity contribution in [1.82, 2.24) is 19.7 Å². The van der Waals surface area contributed by atoms with E-state index < -0.39 is 5.92 Å². The number of halogens is 1. The van der Waals surface area contributed by atoms with Gasteiger partial charge in [0.15, 0.2) is 0 Å². The predicted octanol–water partition coefficient (Wildman–Crippen LogP) is 4.21. The Kier molecular flexibility index (Phi) is 6.13. The van der Waals surface area contributed by atoms with Crippen molar-refractivity contribution in [3.63, 3.8) is 0 Å². The van der Waals surface area contributed by atoms with E-state index in [2.05, 4.69) is 15.4 Å². The van der Waals surface area contributed by atoms with Gasteiger partial charge in [-0.25, -0.2) is 4.98 Å². The van der Waals surface area contributed by atoms with E-state index in [-0.39, 0.29) is 36.3 Å². The van der Waals surface area contributed by atoms with E-state index in [1.165, 1.54) is 16.0 Å². The second-order valence-corrected chi connectivity index (χ2v) is 10.6. The lowest BCUT2D eigenvalue weighted by Crippen LogP contribution is -2.29. The number of nitrogens with zero attached hydrogens (tertiary/aromatic N) is 4. The summed E-state index contributed by atoms with van der Waals surface area (Å²) in [6.45, 7) is 0.256. The number of rotatable bonds is 5. The Morgan fingerprint density at radius 1 is 1.14 bits per heavy atom. The number of thiophene rings is 1. The second-order valence-electron chi connectivity index (χ2n) is 9.20. The minimum absolute atomic E-state index is 0.0916. The van der Waals surface area contributed by atoms with Gasteiger partial charge < -0.3 is 10.2 Å². The first kappa shape index (κ1) is 23.6. The van der Waals surface area contributed by atoms with Crippen molar-refractivity contribution in [2.24, 2.45) is 5.92 Å². The molecule has 1 saturated heterocycles. The fraction of sp³-hybridized carbons (Fsp3) is 0.269. The highest BCUT2D eigenvalue weighted by Crippen LogP contribution is 2.30. The Bertz CT molecular complexity index is 1540. The third kappa shape index (κ3) is 4.58. The Labute approximate surface area is 221 Å². The number of aromatic nitrogens is 4. The van der Waals surface area contributed by atoms with Crippen LogP contribution in [0.2, 0.25) is 5.02 Å². The third-order valence-electron chi connectivity index (χ3n) is 6.75. The summed E-state index contributed by atoms with van der Waals surface area (Å²) in [7, 11) is 0. The molecule has 188 valence electrons. The molecule has 11 heteroatoms. The average Bonchev–Trinajstić information content (AvgIpc) is 3.65. The molecule has 2 amide bonds. The van der Waals surface area contributed by atoms with Gasteiger partial charge in [-0.1, -0.05) is 17.7 Å². The van der Waals surface area contributed by atoms with Gasteiger partial charge in [-0.15, -0.1) is 11.3 Å². The number of aromatic amines is 1. The van der Waals surface area contributed by atoms with Crippen LogP contribution in [0.4, 0.5) is 11.5 Å². The number of hydrogen-bond donors (Lipinski definition) is 2. The Morgan fingerprint density at radius 3 is 2.73 bits per heavy atom. The predicted molar refractivity (Wildman–Crippen MR) is 142 cm³/mol. The molecule has 1 aliphatic heterocycles. The molecule has 2 N–H and O–H groups in total. The number of carbonyl (C=O) groups is 2. The van der Waals surface area contributed by atoms with Gasteiger partial charge in [0.2, 0.25) is 17.8 Å². The van der Waals surface area contributed by atoms with Gasteiger partial charge in [0, 0.05) is 35.3 Å². The summed E-state index contributed by atoms with van der Waals surface area (Å²) in [5, 5.41) is 10.1. The zero-order chi connectivity index (χ0) is 25.5. The molecule has 3 aromatic heterocycles. The van der Waals surface area contributed by atoms with Crippen molar-refractivity contribution in [3.05, 3.63) is 74.5 Å². The van der Waals surface area contributed by atoms with Gasteiger partial charge in [0.05, 0.1) is 16.5 Å². The van der Waals surface area contributed by atoms with E-state index in [0.717, 1.165) is 35.4 Å². The van der Waals surface area contributed by atoms with Gasteiger partial charge in [0.1, 0.15) is 11.5 Å². The van der Waals surface area contributed by atoms with Crippen LogP contribution < -0.4 is 15.8 Å². The molecule has 2 aliphatic rings. The summed E-state index contributed by atoms with van der Waals surface area (Å²) < 4.78 is 1.47. The number of benzene rings is 1. The van der Waals surface area contributed by atoms with E-state index in [0.29, 0.717) is 28.6 Å². The van der Waals surface area contributed by atoms with E-state index in [4.69, 9.17) is 16.6 Å². The van der Waals surface area contributed by atoms with E-state index in [1.807, 2.05) is 17.5 Å². The minimum Gasteiger partial charge on any atom is -0.312 e. The lowest BCUT2D eigenvalue weighted by atomic mass is 9.97. The van der Waals surface area contributed by atoms with E-state index >= 15 is 0 Å². The van der Waals surface area contributed by atoms with Gasteiger partial charge in [-0.3, -0.25) is 19.4 Å². The van der Waals surface area contributed by atoms with Crippen molar-refractivity contribution >= 4 is 46.3 Å². The maximum atomic E-state index is 13.3. The molecule has 4 aromatic rings. The molecule has 6 rings (SSSR count). The molecule has 1 fully saturated rings.